The Morgan fingerprint density at radius 2 is 2.16 bits per heavy atom. The van der Waals surface area contributed by atoms with Gasteiger partial charge in [0.2, 0.25) is 5.91 Å². The number of nitrogens with one attached hydrogen (secondary N) is 1. The average Bonchev–Trinajstić information content (AvgIpc) is 3.15. The van der Waals surface area contributed by atoms with Gasteiger partial charge in [0, 0.05) is 18.7 Å². The lowest BCUT2D eigenvalue weighted by Crippen LogP contribution is -2.39. The molecule has 0 spiro atoms. The summed E-state index contributed by atoms with van der Waals surface area (Å²) < 4.78 is 0.526. The van der Waals surface area contributed by atoms with Gasteiger partial charge in [-0.05, 0) is 47.0 Å². The predicted molar refractivity (Wildman–Crippen MR) is 73.9 cm³/mol. The fourth-order valence-corrected chi connectivity index (χ4v) is 1.90. The number of phenolic OH excluding ortho intramolecular Hbond substituents is 1. The number of aromatic hydroxyl groups is 1. The standard InChI is InChI=1S/C13H15BrN2O3/c1-16(7-12(18)15-9-3-4-9)13(19)8-2-5-10(14)11(17)6-8/h2,5-6,9,17H,3-4,7H2,1H3,(H,15,18). The van der Waals surface area contributed by atoms with E-state index in [1.54, 1.807) is 19.2 Å². The van der Waals surface area contributed by atoms with Gasteiger partial charge in [0.25, 0.3) is 5.91 Å². The van der Waals surface area contributed by atoms with Gasteiger partial charge in [0.15, 0.2) is 0 Å². The molecule has 0 atom stereocenters. The first-order valence-corrected chi connectivity index (χ1v) is 6.80. The summed E-state index contributed by atoms with van der Waals surface area (Å²) in [5, 5.41) is 12.4. The van der Waals surface area contributed by atoms with Crippen LogP contribution in [0.4, 0.5) is 0 Å². The third-order valence-electron chi connectivity index (χ3n) is 2.86. The summed E-state index contributed by atoms with van der Waals surface area (Å²) in [5.74, 6) is -0.449. The Bertz CT molecular complexity index is 515. The summed E-state index contributed by atoms with van der Waals surface area (Å²) in [6.07, 6.45) is 2.04. The Labute approximate surface area is 119 Å². The molecule has 6 heteroatoms. The molecule has 0 aliphatic heterocycles. The van der Waals surface area contributed by atoms with Gasteiger partial charge in [-0.1, -0.05) is 0 Å². The molecule has 0 heterocycles. The van der Waals surface area contributed by atoms with Gasteiger partial charge in [-0.15, -0.1) is 0 Å². The summed E-state index contributed by atoms with van der Waals surface area (Å²) >= 11 is 3.15. The molecule has 0 bridgehead atoms. The lowest BCUT2D eigenvalue weighted by Gasteiger charge is -2.17. The van der Waals surface area contributed by atoms with Gasteiger partial charge >= 0.3 is 0 Å². The van der Waals surface area contributed by atoms with Crippen molar-refractivity contribution in [2.45, 2.75) is 18.9 Å². The van der Waals surface area contributed by atoms with Crippen molar-refractivity contribution >= 4 is 27.7 Å². The fourth-order valence-electron chi connectivity index (χ4n) is 1.65. The minimum atomic E-state index is -0.297. The highest BCUT2D eigenvalue weighted by molar-refractivity contribution is 9.10. The SMILES string of the molecule is CN(CC(=O)NC1CC1)C(=O)c1ccc(Br)c(O)c1. The zero-order valence-electron chi connectivity index (χ0n) is 10.5. The summed E-state index contributed by atoms with van der Waals surface area (Å²) in [5.41, 5.74) is 0.349. The van der Waals surface area contributed by atoms with Gasteiger partial charge in [-0.3, -0.25) is 9.59 Å². The predicted octanol–water partition coefficient (Wildman–Crippen LogP) is 1.51. The first-order chi connectivity index (χ1) is 8.97. The van der Waals surface area contributed by atoms with E-state index >= 15 is 0 Å². The van der Waals surface area contributed by atoms with E-state index in [0.717, 1.165) is 12.8 Å². The van der Waals surface area contributed by atoms with Crippen LogP contribution in [-0.2, 0) is 4.79 Å². The molecule has 0 unspecified atom stereocenters. The van der Waals surface area contributed by atoms with Crippen molar-refractivity contribution in [2.75, 3.05) is 13.6 Å². The van der Waals surface area contributed by atoms with Crippen molar-refractivity contribution in [3.05, 3.63) is 28.2 Å². The quantitative estimate of drug-likeness (QED) is 0.881. The Balaban J connectivity index is 1.97. The van der Waals surface area contributed by atoms with E-state index < -0.39 is 0 Å². The van der Waals surface area contributed by atoms with Gasteiger partial charge in [-0.25, -0.2) is 0 Å². The van der Waals surface area contributed by atoms with Crippen molar-refractivity contribution in [1.82, 2.24) is 10.2 Å². The van der Waals surface area contributed by atoms with E-state index in [4.69, 9.17) is 0 Å². The number of benzene rings is 1. The molecule has 102 valence electrons. The van der Waals surface area contributed by atoms with Crippen LogP contribution < -0.4 is 5.32 Å². The maximum absolute atomic E-state index is 12.1. The smallest absolute Gasteiger partial charge is 0.254 e. The molecule has 1 aromatic carbocycles. The maximum atomic E-state index is 12.1. The summed E-state index contributed by atoms with van der Waals surface area (Å²) in [7, 11) is 1.56. The lowest BCUT2D eigenvalue weighted by atomic mass is 10.2. The minimum Gasteiger partial charge on any atom is -0.507 e. The van der Waals surface area contributed by atoms with Crippen LogP contribution in [0.2, 0.25) is 0 Å². The number of amides is 2. The number of halogens is 1. The highest BCUT2D eigenvalue weighted by Crippen LogP contribution is 2.24. The Hall–Kier alpha value is -1.56. The molecule has 1 aromatic rings. The van der Waals surface area contributed by atoms with Crippen LogP contribution in [0.25, 0.3) is 0 Å². The number of rotatable bonds is 4. The largest absolute Gasteiger partial charge is 0.507 e. The molecule has 5 nitrogen and oxygen atoms in total. The average molecular weight is 327 g/mol. The number of phenols is 1. The van der Waals surface area contributed by atoms with Crippen molar-refractivity contribution in [2.24, 2.45) is 0 Å². The second-order valence-corrected chi connectivity index (χ2v) is 5.52. The number of carbonyl (C=O) groups excluding carboxylic acids is 2. The second kappa shape index (κ2) is 5.61. The Kier molecular flexibility index (Phi) is 4.09. The molecule has 2 amide bonds. The van der Waals surface area contributed by atoms with E-state index in [2.05, 4.69) is 21.2 Å². The molecular weight excluding hydrogens is 312 g/mol. The summed E-state index contributed by atoms with van der Waals surface area (Å²) in [6.45, 7) is 0.0200. The summed E-state index contributed by atoms with van der Waals surface area (Å²) in [6, 6.07) is 4.86. The van der Waals surface area contributed by atoms with Gasteiger partial charge < -0.3 is 15.3 Å². The van der Waals surface area contributed by atoms with Crippen molar-refractivity contribution in [3.63, 3.8) is 0 Å². The molecule has 19 heavy (non-hydrogen) atoms. The number of nitrogens with zero attached hydrogens (tertiary/aromatic N) is 1. The first-order valence-electron chi connectivity index (χ1n) is 6.00. The number of hydrogen-bond acceptors (Lipinski definition) is 3. The normalized spacial score (nSPS) is 14.0. The van der Waals surface area contributed by atoms with Gasteiger partial charge in [0.05, 0.1) is 11.0 Å². The fraction of sp³-hybridized carbons (Fsp3) is 0.385. The zero-order chi connectivity index (χ0) is 14.0. The third-order valence-corrected chi connectivity index (χ3v) is 3.53. The Morgan fingerprint density at radius 1 is 1.47 bits per heavy atom. The number of hydrogen-bond donors (Lipinski definition) is 2. The van der Waals surface area contributed by atoms with Gasteiger partial charge in [-0.2, -0.15) is 0 Å². The molecule has 0 aromatic heterocycles. The van der Waals surface area contributed by atoms with E-state index in [1.807, 2.05) is 0 Å². The maximum Gasteiger partial charge on any atom is 0.254 e. The van der Waals surface area contributed by atoms with Crippen LogP contribution in [0, 0.1) is 0 Å². The van der Waals surface area contributed by atoms with Crippen LogP contribution in [0.15, 0.2) is 22.7 Å². The lowest BCUT2D eigenvalue weighted by molar-refractivity contribution is -0.121. The van der Waals surface area contributed by atoms with Crippen molar-refractivity contribution in [3.8, 4) is 5.75 Å². The van der Waals surface area contributed by atoms with Gasteiger partial charge in [0.1, 0.15) is 5.75 Å². The van der Waals surface area contributed by atoms with Crippen molar-refractivity contribution in [1.29, 1.82) is 0 Å². The van der Waals surface area contributed by atoms with Crippen LogP contribution in [-0.4, -0.2) is 41.5 Å². The van der Waals surface area contributed by atoms with E-state index in [1.165, 1.54) is 11.0 Å². The second-order valence-electron chi connectivity index (χ2n) is 4.67. The van der Waals surface area contributed by atoms with Crippen LogP contribution in [0.3, 0.4) is 0 Å². The van der Waals surface area contributed by atoms with E-state index in [9.17, 15) is 14.7 Å². The molecular formula is C13H15BrN2O3. The molecule has 1 fully saturated rings. The van der Waals surface area contributed by atoms with Crippen LogP contribution in [0.5, 0.6) is 5.75 Å². The first kappa shape index (κ1) is 13.9. The number of likely N-dealkylation sites (N-methyl/N-ethyl adjacent to an activating group) is 1. The summed E-state index contributed by atoms with van der Waals surface area (Å²) in [4.78, 5) is 25.0. The Morgan fingerprint density at radius 3 is 2.74 bits per heavy atom. The molecule has 1 aliphatic rings. The third kappa shape index (κ3) is 3.70. The van der Waals surface area contributed by atoms with Crippen LogP contribution >= 0.6 is 15.9 Å². The minimum absolute atomic E-state index is 0.00156. The molecule has 2 rings (SSSR count). The van der Waals surface area contributed by atoms with Crippen molar-refractivity contribution < 1.29 is 14.7 Å². The molecule has 1 aliphatic carbocycles. The van der Waals surface area contributed by atoms with E-state index in [-0.39, 0.29) is 30.2 Å². The number of carbonyl (C=O) groups is 2. The zero-order valence-corrected chi connectivity index (χ0v) is 12.1. The highest BCUT2D eigenvalue weighted by Gasteiger charge is 2.24. The topological polar surface area (TPSA) is 69.6 Å². The van der Waals surface area contributed by atoms with Crippen LogP contribution in [0.1, 0.15) is 23.2 Å². The molecule has 2 N–H and O–H groups in total. The highest BCUT2D eigenvalue weighted by atomic mass is 79.9. The molecule has 0 saturated heterocycles. The van der Waals surface area contributed by atoms with E-state index in [0.29, 0.717) is 10.0 Å². The molecule has 0 radical (unpaired) electrons. The monoisotopic (exact) mass is 326 g/mol. The molecule has 1 saturated carbocycles.